The minimum absolute atomic E-state index is 0.199. The Labute approximate surface area is 249 Å². The van der Waals surface area contributed by atoms with Gasteiger partial charge in [0.1, 0.15) is 5.69 Å². The second-order valence-electron chi connectivity index (χ2n) is 11.9. The molecule has 8 aromatic rings. The third kappa shape index (κ3) is 3.38. The van der Waals surface area contributed by atoms with Crippen molar-refractivity contribution in [3.05, 3.63) is 145 Å². The molecule has 0 saturated carbocycles. The molecule has 4 heteroatoms. The fraction of sp³-hybridized carbons (Fsp3) is 0.0769. The number of hydrogen-bond donors (Lipinski definition) is 0. The van der Waals surface area contributed by atoms with E-state index in [0.717, 1.165) is 22.7 Å². The number of para-hydroxylation sites is 3. The quantitative estimate of drug-likeness (QED) is 0.219. The van der Waals surface area contributed by atoms with Crippen LogP contribution in [0.4, 0.5) is 0 Å². The zero-order valence-electron chi connectivity index (χ0n) is 24.0. The van der Waals surface area contributed by atoms with E-state index >= 15 is 0 Å². The molecule has 204 valence electrons. The van der Waals surface area contributed by atoms with E-state index in [2.05, 4.69) is 137 Å². The van der Waals surface area contributed by atoms with Gasteiger partial charge in [0.25, 0.3) is 0 Å². The fourth-order valence-electron chi connectivity index (χ4n) is 7.10. The van der Waals surface area contributed by atoms with Gasteiger partial charge in [-0.1, -0.05) is 80.6 Å². The minimum Gasteiger partial charge on any atom is -0.309 e. The van der Waals surface area contributed by atoms with Crippen molar-refractivity contribution in [3.63, 3.8) is 0 Å². The number of benzene rings is 5. The lowest BCUT2D eigenvalue weighted by atomic mass is 9.74. The van der Waals surface area contributed by atoms with E-state index in [0.29, 0.717) is 0 Å². The number of aromatic nitrogens is 4. The van der Waals surface area contributed by atoms with Crippen LogP contribution in [0.1, 0.15) is 25.0 Å². The molecule has 4 heterocycles. The van der Waals surface area contributed by atoms with E-state index in [1.165, 1.54) is 55.3 Å². The third-order valence-electron chi connectivity index (χ3n) is 9.17. The van der Waals surface area contributed by atoms with Crippen LogP contribution in [0.15, 0.2) is 134 Å². The predicted octanol–water partition coefficient (Wildman–Crippen LogP) is 9.49. The molecule has 1 aliphatic rings. The van der Waals surface area contributed by atoms with Crippen LogP contribution in [0.3, 0.4) is 0 Å². The highest BCUT2D eigenvalue weighted by Gasteiger charge is 2.36. The summed E-state index contributed by atoms with van der Waals surface area (Å²) in [5.41, 5.74) is 12.6. The maximum Gasteiger partial charge on any atom is 0.164 e. The van der Waals surface area contributed by atoms with Crippen molar-refractivity contribution in [2.75, 3.05) is 0 Å². The van der Waals surface area contributed by atoms with Crippen LogP contribution >= 0.6 is 0 Å². The first kappa shape index (κ1) is 24.2. The zero-order chi connectivity index (χ0) is 28.7. The van der Waals surface area contributed by atoms with Crippen LogP contribution in [0.25, 0.3) is 66.9 Å². The Morgan fingerprint density at radius 3 is 2.21 bits per heavy atom. The summed E-state index contributed by atoms with van der Waals surface area (Å²) >= 11 is 0. The molecule has 0 spiro atoms. The number of pyridine rings is 1. The summed E-state index contributed by atoms with van der Waals surface area (Å²) in [7, 11) is 0. The number of imidazole rings is 1. The van der Waals surface area contributed by atoms with Crippen molar-refractivity contribution < 1.29 is 0 Å². The normalized spacial score (nSPS) is 13.5. The number of fused-ring (bicyclic) bond motifs is 5. The molecule has 0 atom stereocenters. The van der Waals surface area contributed by atoms with E-state index in [1.54, 1.807) is 0 Å². The third-order valence-corrected chi connectivity index (χ3v) is 9.17. The molecule has 0 bridgehead atoms. The molecule has 0 fully saturated rings. The number of rotatable bonds is 3. The van der Waals surface area contributed by atoms with Crippen molar-refractivity contribution in [2.45, 2.75) is 19.3 Å². The maximum atomic E-state index is 5.09. The lowest BCUT2D eigenvalue weighted by molar-refractivity contribution is 0.629. The van der Waals surface area contributed by atoms with Crippen molar-refractivity contribution in [3.8, 4) is 34.0 Å². The average Bonchev–Trinajstić information content (AvgIpc) is 3.61. The SMILES string of the molecule is CC1(C)c2cc(-c3ccc4c(c3)c3ccccc3n4-c3ccccc3)ccc2-n2c(-c3ccccn3)nc3cccc1c32. The van der Waals surface area contributed by atoms with Crippen LogP contribution in [-0.2, 0) is 5.41 Å². The molecule has 0 N–H and O–H groups in total. The summed E-state index contributed by atoms with van der Waals surface area (Å²) in [6.45, 7) is 4.66. The molecule has 9 rings (SSSR count). The lowest BCUT2D eigenvalue weighted by Gasteiger charge is -2.35. The van der Waals surface area contributed by atoms with Crippen LogP contribution < -0.4 is 0 Å². The molecular weight excluding hydrogens is 524 g/mol. The summed E-state index contributed by atoms with van der Waals surface area (Å²) < 4.78 is 4.68. The Morgan fingerprint density at radius 2 is 1.35 bits per heavy atom. The second kappa shape index (κ2) is 8.76. The Hall–Kier alpha value is -5.48. The largest absolute Gasteiger partial charge is 0.309 e. The summed E-state index contributed by atoms with van der Waals surface area (Å²) in [4.78, 5) is 9.76. The van der Waals surface area contributed by atoms with E-state index < -0.39 is 0 Å². The van der Waals surface area contributed by atoms with Crippen LogP contribution in [0, 0.1) is 0 Å². The van der Waals surface area contributed by atoms with Gasteiger partial charge < -0.3 is 4.57 Å². The first-order valence-electron chi connectivity index (χ1n) is 14.8. The van der Waals surface area contributed by atoms with Gasteiger partial charge in [-0.2, -0.15) is 0 Å². The van der Waals surface area contributed by atoms with E-state index in [9.17, 15) is 0 Å². The summed E-state index contributed by atoms with van der Waals surface area (Å²) in [5, 5.41) is 2.52. The Bertz CT molecular complexity index is 2360. The van der Waals surface area contributed by atoms with Gasteiger partial charge in [0.05, 0.1) is 27.8 Å². The van der Waals surface area contributed by atoms with Crippen molar-refractivity contribution >= 4 is 32.8 Å². The lowest BCUT2D eigenvalue weighted by Crippen LogP contribution is -2.26. The Morgan fingerprint density at radius 1 is 0.581 bits per heavy atom. The number of nitrogens with zero attached hydrogens (tertiary/aromatic N) is 4. The molecule has 43 heavy (non-hydrogen) atoms. The standard InChI is InChI=1S/C39H28N4/c1-39(2)30-14-10-16-32-37(30)43(38(41-32)33-15-8-9-22-40-33)36-21-19-26(24-31(36)39)25-18-20-35-29(23-25)28-13-6-7-17-34(28)42(35)27-11-4-3-5-12-27/h3-24H,1-2H3. The zero-order valence-corrected chi connectivity index (χ0v) is 24.0. The van der Waals surface area contributed by atoms with Gasteiger partial charge in [-0.15, -0.1) is 0 Å². The van der Waals surface area contributed by atoms with Crippen LogP contribution in [-0.4, -0.2) is 19.1 Å². The number of hydrogen-bond acceptors (Lipinski definition) is 2. The van der Waals surface area contributed by atoms with Crippen LogP contribution in [0.2, 0.25) is 0 Å². The molecule has 5 aromatic carbocycles. The molecule has 0 aliphatic carbocycles. The van der Waals surface area contributed by atoms with E-state index in [-0.39, 0.29) is 5.41 Å². The smallest absolute Gasteiger partial charge is 0.164 e. The summed E-state index contributed by atoms with van der Waals surface area (Å²) in [5.74, 6) is 0.877. The fourth-order valence-corrected chi connectivity index (χ4v) is 7.10. The van der Waals surface area contributed by atoms with E-state index in [1.807, 2.05) is 24.4 Å². The van der Waals surface area contributed by atoms with Gasteiger partial charge in [-0.05, 0) is 82.9 Å². The van der Waals surface area contributed by atoms with Gasteiger partial charge in [-0.3, -0.25) is 9.55 Å². The first-order chi connectivity index (χ1) is 21.1. The molecule has 3 aromatic heterocycles. The molecule has 1 aliphatic heterocycles. The highest BCUT2D eigenvalue weighted by molar-refractivity contribution is 6.10. The summed E-state index contributed by atoms with van der Waals surface area (Å²) in [6.07, 6.45) is 1.84. The minimum atomic E-state index is -0.199. The van der Waals surface area contributed by atoms with Gasteiger partial charge in [0, 0.05) is 28.1 Å². The molecule has 0 amide bonds. The maximum absolute atomic E-state index is 5.09. The Kier molecular flexibility index (Phi) is 4.92. The van der Waals surface area contributed by atoms with Gasteiger partial charge >= 0.3 is 0 Å². The van der Waals surface area contributed by atoms with E-state index in [4.69, 9.17) is 4.98 Å². The first-order valence-corrected chi connectivity index (χ1v) is 14.8. The molecule has 0 saturated heterocycles. The molecular formula is C39H28N4. The van der Waals surface area contributed by atoms with Gasteiger partial charge in [0.2, 0.25) is 0 Å². The van der Waals surface area contributed by atoms with Crippen molar-refractivity contribution in [2.24, 2.45) is 0 Å². The highest BCUT2D eigenvalue weighted by Crippen LogP contribution is 2.47. The highest BCUT2D eigenvalue weighted by atomic mass is 15.1. The topological polar surface area (TPSA) is 35.6 Å². The van der Waals surface area contributed by atoms with Gasteiger partial charge in [0.15, 0.2) is 5.82 Å². The monoisotopic (exact) mass is 552 g/mol. The van der Waals surface area contributed by atoms with Crippen molar-refractivity contribution in [1.82, 2.24) is 19.1 Å². The molecule has 0 radical (unpaired) electrons. The predicted molar refractivity (Wildman–Crippen MR) is 176 cm³/mol. The molecule has 4 nitrogen and oxygen atoms in total. The second-order valence-corrected chi connectivity index (χ2v) is 11.9. The molecule has 0 unspecified atom stereocenters. The summed E-state index contributed by atoms with van der Waals surface area (Å²) in [6, 6.07) is 45.6. The van der Waals surface area contributed by atoms with Crippen molar-refractivity contribution in [1.29, 1.82) is 0 Å². The van der Waals surface area contributed by atoms with Gasteiger partial charge in [-0.25, -0.2) is 4.98 Å². The average molecular weight is 553 g/mol. The Balaban J connectivity index is 1.27. The van der Waals surface area contributed by atoms with Crippen LogP contribution in [0.5, 0.6) is 0 Å².